The normalized spacial score (nSPS) is 22.2. The SMILES string of the molecule is C[C@@H](O)[C@H]1C(=O)N2C(C(=O)O)=C(SCCNC(=O)C(O)c3ccccc3C=O)C[C@H]12. The number of aliphatic carboxylic acids is 1. The van der Waals surface area contributed by atoms with Crippen molar-refractivity contribution >= 4 is 35.8 Å². The Balaban J connectivity index is 1.56. The number of hydrogen-bond donors (Lipinski definition) is 4. The van der Waals surface area contributed by atoms with Crippen LogP contribution in [0.1, 0.15) is 35.4 Å². The first-order chi connectivity index (χ1) is 14.3. The lowest BCUT2D eigenvalue weighted by Gasteiger charge is -2.44. The number of carbonyl (C=O) groups excluding carboxylic acids is 3. The highest BCUT2D eigenvalue weighted by atomic mass is 32.2. The minimum Gasteiger partial charge on any atom is -0.477 e. The summed E-state index contributed by atoms with van der Waals surface area (Å²) >= 11 is 1.21. The van der Waals surface area contributed by atoms with E-state index in [-0.39, 0.29) is 29.4 Å². The van der Waals surface area contributed by atoms with Gasteiger partial charge in [-0.2, -0.15) is 0 Å². The van der Waals surface area contributed by atoms with E-state index in [1.807, 2.05) is 0 Å². The van der Waals surface area contributed by atoms with Crippen molar-refractivity contribution in [1.82, 2.24) is 10.2 Å². The minimum atomic E-state index is -1.50. The summed E-state index contributed by atoms with van der Waals surface area (Å²) in [4.78, 5) is 48.8. The number of nitrogens with zero attached hydrogens (tertiary/aromatic N) is 1. The van der Waals surface area contributed by atoms with Gasteiger partial charge in [0.15, 0.2) is 6.10 Å². The number of aldehydes is 1. The predicted molar refractivity (Wildman–Crippen MR) is 107 cm³/mol. The molecule has 2 heterocycles. The Morgan fingerprint density at radius 2 is 2.03 bits per heavy atom. The van der Waals surface area contributed by atoms with Crippen LogP contribution in [0.4, 0.5) is 0 Å². The molecule has 2 aliphatic rings. The monoisotopic (exact) mass is 434 g/mol. The van der Waals surface area contributed by atoms with Crippen LogP contribution in [0.5, 0.6) is 0 Å². The summed E-state index contributed by atoms with van der Waals surface area (Å²) in [6, 6.07) is 5.87. The second kappa shape index (κ2) is 8.99. The first-order valence-corrected chi connectivity index (χ1v) is 10.4. The number of rotatable bonds is 9. The molecule has 0 aliphatic carbocycles. The topological polar surface area (TPSA) is 144 Å². The number of thioether (sulfide) groups is 1. The molecule has 1 fully saturated rings. The molecular weight excluding hydrogens is 412 g/mol. The van der Waals surface area contributed by atoms with Gasteiger partial charge in [0.25, 0.3) is 5.91 Å². The van der Waals surface area contributed by atoms with E-state index in [4.69, 9.17) is 0 Å². The van der Waals surface area contributed by atoms with Crippen molar-refractivity contribution in [2.45, 2.75) is 31.6 Å². The largest absolute Gasteiger partial charge is 0.477 e. The fourth-order valence-corrected chi connectivity index (χ4v) is 4.87. The molecule has 4 atom stereocenters. The second-order valence-electron chi connectivity index (χ2n) is 7.11. The van der Waals surface area contributed by atoms with Gasteiger partial charge >= 0.3 is 5.97 Å². The van der Waals surface area contributed by atoms with Gasteiger partial charge in [0.1, 0.15) is 12.0 Å². The number of carbonyl (C=O) groups is 4. The van der Waals surface area contributed by atoms with E-state index in [0.717, 1.165) is 0 Å². The van der Waals surface area contributed by atoms with Crippen molar-refractivity contribution in [1.29, 1.82) is 0 Å². The Morgan fingerprint density at radius 1 is 1.33 bits per heavy atom. The molecule has 1 saturated heterocycles. The first-order valence-electron chi connectivity index (χ1n) is 9.38. The number of carboxylic acid groups (broad SMARTS) is 1. The molecule has 1 unspecified atom stereocenters. The molecule has 10 heteroatoms. The zero-order chi connectivity index (χ0) is 22.0. The number of carboxylic acids is 1. The highest BCUT2D eigenvalue weighted by Crippen LogP contribution is 2.46. The highest BCUT2D eigenvalue weighted by molar-refractivity contribution is 8.03. The van der Waals surface area contributed by atoms with Crippen molar-refractivity contribution in [3.05, 3.63) is 46.0 Å². The van der Waals surface area contributed by atoms with Crippen LogP contribution in [-0.4, -0.2) is 68.7 Å². The van der Waals surface area contributed by atoms with Crippen molar-refractivity contribution < 1.29 is 34.5 Å². The number of fused-ring (bicyclic) bond motifs is 1. The van der Waals surface area contributed by atoms with Crippen LogP contribution < -0.4 is 5.32 Å². The summed E-state index contributed by atoms with van der Waals surface area (Å²) in [7, 11) is 0. The predicted octanol–water partition coefficient (Wildman–Crippen LogP) is 0.290. The van der Waals surface area contributed by atoms with E-state index in [0.29, 0.717) is 23.4 Å². The number of nitrogens with one attached hydrogen (secondary N) is 1. The fraction of sp³-hybridized carbons (Fsp3) is 0.400. The third-order valence-corrected chi connectivity index (χ3v) is 6.35. The molecule has 2 aliphatic heterocycles. The summed E-state index contributed by atoms with van der Waals surface area (Å²) < 4.78 is 0. The number of aliphatic hydroxyl groups excluding tert-OH is 2. The van der Waals surface area contributed by atoms with E-state index in [1.165, 1.54) is 35.7 Å². The molecule has 4 N–H and O–H groups in total. The molecule has 0 spiro atoms. The van der Waals surface area contributed by atoms with Crippen molar-refractivity contribution in [3.8, 4) is 0 Å². The van der Waals surface area contributed by atoms with Gasteiger partial charge in [-0.05, 0) is 6.92 Å². The van der Waals surface area contributed by atoms with Crippen molar-refractivity contribution in [2.24, 2.45) is 5.92 Å². The Kier molecular flexibility index (Phi) is 6.59. The van der Waals surface area contributed by atoms with Crippen LogP contribution in [0.3, 0.4) is 0 Å². The molecule has 0 bridgehead atoms. The second-order valence-corrected chi connectivity index (χ2v) is 8.30. The summed E-state index contributed by atoms with van der Waals surface area (Å²) in [5, 5.41) is 32.0. The lowest BCUT2D eigenvalue weighted by atomic mass is 9.83. The Morgan fingerprint density at radius 3 is 2.67 bits per heavy atom. The molecule has 2 amide bonds. The number of hydrogen-bond acceptors (Lipinski definition) is 7. The van der Waals surface area contributed by atoms with Gasteiger partial charge in [0, 0.05) is 34.8 Å². The quantitative estimate of drug-likeness (QED) is 0.247. The average molecular weight is 434 g/mol. The lowest BCUT2D eigenvalue weighted by Crippen LogP contribution is -2.61. The van der Waals surface area contributed by atoms with Gasteiger partial charge in [0.05, 0.1) is 18.1 Å². The van der Waals surface area contributed by atoms with E-state index < -0.39 is 35.9 Å². The maximum Gasteiger partial charge on any atom is 0.353 e. The Hall–Kier alpha value is -2.69. The van der Waals surface area contributed by atoms with Gasteiger partial charge < -0.3 is 25.5 Å². The first kappa shape index (κ1) is 22.0. The maximum absolute atomic E-state index is 12.2. The molecule has 160 valence electrons. The van der Waals surface area contributed by atoms with Gasteiger partial charge in [-0.1, -0.05) is 24.3 Å². The summed E-state index contributed by atoms with van der Waals surface area (Å²) in [5.41, 5.74) is 0.355. The molecule has 9 nitrogen and oxygen atoms in total. The van der Waals surface area contributed by atoms with Crippen LogP contribution in [0.15, 0.2) is 34.9 Å². The molecule has 30 heavy (non-hydrogen) atoms. The highest BCUT2D eigenvalue weighted by Gasteiger charge is 2.56. The lowest BCUT2D eigenvalue weighted by molar-refractivity contribution is -0.161. The molecular formula is C20H22N2O7S. The van der Waals surface area contributed by atoms with Gasteiger partial charge in [-0.3, -0.25) is 14.4 Å². The van der Waals surface area contributed by atoms with Crippen LogP contribution in [0.25, 0.3) is 0 Å². The molecule has 0 saturated carbocycles. The Labute approximate surface area is 176 Å². The number of aliphatic hydroxyl groups is 2. The average Bonchev–Trinajstić information content (AvgIpc) is 3.04. The zero-order valence-electron chi connectivity index (χ0n) is 16.1. The summed E-state index contributed by atoms with van der Waals surface area (Å²) in [5.74, 6) is -2.55. The number of β-lactam (4-membered cyclic amide) rings is 1. The Bertz CT molecular complexity index is 914. The smallest absolute Gasteiger partial charge is 0.353 e. The van der Waals surface area contributed by atoms with E-state index in [1.54, 1.807) is 12.1 Å². The zero-order valence-corrected chi connectivity index (χ0v) is 17.0. The van der Waals surface area contributed by atoms with Crippen molar-refractivity contribution in [3.63, 3.8) is 0 Å². The molecule has 3 rings (SSSR count). The van der Waals surface area contributed by atoms with E-state index in [2.05, 4.69) is 5.32 Å². The molecule has 0 aromatic heterocycles. The number of amides is 2. The maximum atomic E-state index is 12.2. The summed E-state index contributed by atoms with van der Waals surface area (Å²) in [6.07, 6.45) is -1.44. The molecule has 1 aromatic carbocycles. The fourth-order valence-electron chi connectivity index (χ4n) is 3.81. The van der Waals surface area contributed by atoms with Gasteiger partial charge in [0.2, 0.25) is 5.91 Å². The van der Waals surface area contributed by atoms with Crippen LogP contribution in [0.2, 0.25) is 0 Å². The van der Waals surface area contributed by atoms with Crippen molar-refractivity contribution in [2.75, 3.05) is 12.3 Å². The standard InChI is InChI=1S/C20H22N2O7S/c1-10(24)15-13-8-14(16(20(28)29)22(13)19(15)27)30-7-6-21-18(26)17(25)12-5-3-2-4-11(12)9-23/h2-5,9-10,13,15,17,24-25H,6-8H2,1H3,(H,21,26)(H,28,29)/t10-,13-,15-,17?/m1/s1. The van der Waals surface area contributed by atoms with E-state index >= 15 is 0 Å². The molecule has 0 radical (unpaired) electrons. The van der Waals surface area contributed by atoms with Gasteiger partial charge in [-0.25, -0.2) is 4.79 Å². The van der Waals surface area contributed by atoms with Crippen LogP contribution >= 0.6 is 11.8 Å². The third-order valence-electron chi connectivity index (χ3n) is 5.23. The van der Waals surface area contributed by atoms with Crippen LogP contribution in [0, 0.1) is 5.92 Å². The summed E-state index contributed by atoms with van der Waals surface area (Å²) in [6.45, 7) is 1.66. The number of benzene rings is 1. The minimum absolute atomic E-state index is 0.0711. The third kappa shape index (κ3) is 3.98. The van der Waals surface area contributed by atoms with Crippen LogP contribution in [-0.2, 0) is 14.4 Å². The van der Waals surface area contributed by atoms with Gasteiger partial charge in [-0.15, -0.1) is 11.8 Å². The molecule has 1 aromatic rings. The van der Waals surface area contributed by atoms with E-state index in [9.17, 15) is 34.5 Å².